The van der Waals surface area contributed by atoms with Crippen LogP contribution in [0.2, 0.25) is 0 Å². The topological polar surface area (TPSA) is 70.0 Å². The van der Waals surface area contributed by atoms with Gasteiger partial charge in [0, 0.05) is 9.26 Å². The molecule has 1 aromatic carbocycles. The minimum Gasteiger partial charge on any atom is -0.282 e. The maximum atomic E-state index is 11.7. The molecule has 1 N–H and O–H groups in total. The van der Waals surface area contributed by atoms with E-state index in [0.717, 1.165) is 3.57 Å². The second kappa shape index (κ2) is 5.50. The molecule has 0 spiro atoms. The van der Waals surface area contributed by atoms with Crippen LogP contribution in [0, 0.1) is 14.9 Å². The third kappa shape index (κ3) is 3.35. The standard InChI is InChI=1S/C10H11IN2O2S/c1-2-10(7-12)16(14,15)13-9-5-3-8(11)4-6-9/h3-6,10,13H,2H2,1H3. The van der Waals surface area contributed by atoms with Crippen molar-refractivity contribution in [1.29, 1.82) is 5.26 Å². The second-order valence-electron chi connectivity index (χ2n) is 3.18. The van der Waals surface area contributed by atoms with Crippen LogP contribution in [-0.2, 0) is 10.0 Å². The van der Waals surface area contributed by atoms with Crippen molar-refractivity contribution in [3.63, 3.8) is 0 Å². The summed E-state index contributed by atoms with van der Waals surface area (Å²) in [6.45, 7) is 1.67. The summed E-state index contributed by atoms with van der Waals surface area (Å²) in [6, 6.07) is 8.71. The van der Waals surface area contributed by atoms with Gasteiger partial charge in [0.15, 0.2) is 5.25 Å². The number of nitrogens with one attached hydrogen (secondary N) is 1. The summed E-state index contributed by atoms with van der Waals surface area (Å²) in [6.07, 6.45) is 0.274. The normalized spacial score (nSPS) is 12.8. The predicted octanol–water partition coefficient (Wildman–Crippen LogP) is 2.34. The number of benzene rings is 1. The Morgan fingerprint density at radius 1 is 1.44 bits per heavy atom. The zero-order valence-electron chi connectivity index (χ0n) is 8.64. The highest BCUT2D eigenvalue weighted by Crippen LogP contribution is 2.15. The molecule has 0 saturated carbocycles. The first-order valence-corrected chi connectivity index (χ1v) is 7.29. The van der Waals surface area contributed by atoms with E-state index in [0.29, 0.717) is 5.69 Å². The molecule has 1 unspecified atom stereocenters. The Balaban J connectivity index is 2.89. The maximum absolute atomic E-state index is 11.7. The van der Waals surface area contributed by atoms with Crippen molar-refractivity contribution in [3.05, 3.63) is 27.8 Å². The van der Waals surface area contributed by atoms with E-state index in [4.69, 9.17) is 5.26 Å². The monoisotopic (exact) mass is 350 g/mol. The van der Waals surface area contributed by atoms with E-state index in [1.165, 1.54) is 0 Å². The summed E-state index contributed by atoms with van der Waals surface area (Å²) in [5.74, 6) is 0. The van der Waals surface area contributed by atoms with Crippen LogP contribution in [0.15, 0.2) is 24.3 Å². The van der Waals surface area contributed by atoms with Gasteiger partial charge in [-0.2, -0.15) is 5.26 Å². The fourth-order valence-corrected chi connectivity index (χ4v) is 2.68. The molecule has 0 heterocycles. The Labute approximate surface area is 109 Å². The van der Waals surface area contributed by atoms with E-state index in [1.807, 2.05) is 0 Å². The van der Waals surface area contributed by atoms with Crippen LogP contribution in [0.1, 0.15) is 13.3 Å². The lowest BCUT2D eigenvalue weighted by atomic mass is 10.3. The van der Waals surface area contributed by atoms with E-state index in [-0.39, 0.29) is 6.42 Å². The van der Waals surface area contributed by atoms with Gasteiger partial charge < -0.3 is 0 Å². The number of sulfonamides is 1. The van der Waals surface area contributed by atoms with Crippen LogP contribution in [0.25, 0.3) is 0 Å². The lowest BCUT2D eigenvalue weighted by molar-refractivity contribution is 0.593. The molecular formula is C10H11IN2O2S. The first kappa shape index (κ1) is 13.3. The number of anilines is 1. The summed E-state index contributed by atoms with van der Waals surface area (Å²) >= 11 is 2.13. The Hall–Kier alpha value is -0.810. The van der Waals surface area contributed by atoms with Crippen molar-refractivity contribution in [2.24, 2.45) is 0 Å². The third-order valence-corrected chi connectivity index (χ3v) is 4.42. The van der Waals surface area contributed by atoms with Crippen LogP contribution in [0.4, 0.5) is 5.69 Å². The van der Waals surface area contributed by atoms with Gasteiger partial charge in [0.05, 0.1) is 6.07 Å². The highest BCUT2D eigenvalue weighted by molar-refractivity contribution is 14.1. The average molecular weight is 350 g/mol. The third-order valence-electron chi connectivity index (χ3n) is 1.99. The van der Waals surface area contributed by atoms with Crippen molar-refractivity contribution in [2.75, 3.05) is 4.72 Å². The van der Waals surface area contributed by atoms with Gasteiger partial charge >= 0.3 is 0 Å². The molecule has 6 heteroatoms. The van der Waals surface area contributed by atoms with Crippen LogP contribution in [-0.4, -0.2) is 13.7 Å². The average Bonchev–Trinajstić information content (AvgIpc) is 2.22. The summed E-state index contributed by atoms with van der Waals surface area (Å²) in [7, 11) is -3.60. The van der Waals surface area contributed by atoms with E-state index < -0.39 is 15.3 Å². The fraction of sp³-hybridized carbons (Fsp3) is 0.300. The van der Waals surface area contributed by atoms with Crippen LogP contribution >= 0.6 is 22.6 Å². The summed E-state index contributed by atoms with van der Waals surface area (Å²) < 4.78 is 26.8. The zero-order valence-corrected chi connectivity index (χ0v) is 11.6. The molecule has 0 aliphatic heterocycles. The zero-order chi connectivity index (χ0) is 12.2. The number of nitriles is 1. The maximum Gasteiger partial charge on any atom is 0.249 e. The van der Waals surface area contributed by atoms with Crippen LogP contribution < -0.4 is 4.72 Å². The van der Waals surface area contributed by atoms with Crippen molar-refractivity contribution in [1.82, 2.24) is 0 Å². The van der Waals surface area contributed by atoms with Crippen LogP contribution in [0.5, 0.6) is 0 Å². The summed E-state index contributed by atoms with van der Waals surface area (Å²) in [5.41, 5.74) is 0.481. The SMILES string of the molecule is CCC(C#N)S(=O)(=O)Nc1ccc(I)cc1. The van der Waals surface area contributed by atoms with Gasteiger partial charge in [0.25, 0.3) is 0 Å². The number of hydrogen-bond acceptors (Lipinski definition) is 3. The van der Waals surface area contributed by atoms with Gasteiger partial charge in [-0.25, -0.2) is 8.42 Å². The molecule has 0 radical (unpaired) electrons. The minimum absolute atomic E-state index is 0.274. The van der Waals surface area contributed by atoms with Crippen LogP contribution in [0.3, 0.4) is 0 Å². The Morgan fingerprint density at radius 3 is 2.44 bits per heavy atom. The van der Waals surface area contributed by atoms with E-state index in [1.54, 1.807) is 37.3 Å². The number of nitrogens with zero attached hydrogens (tertiary/aromatic N) is 1. The van der Waals surface area contributed by atoms with Gasteiger partial charge in [-0.15, -0.1) is 0 Å². The number of halogens is 1. The molecular weight excluding hydrogens is 339 g/mol. The molecule has 4 nitrogen and oxygen atoms in total. The Bertz CT molecular complexity index is 491. The minimum atomic E-state index is -3.60. The highest BCUT2D eigenvalue weighted by Gasteiger charge is 2.22. The Kier molecular flexibility index (Phi) is 4.56. The molecule has 0 aliphatic carbocycles. The molecule has 0 aromatic heterocycles. The van der Waals surface area contributed by atoms with Crippen molar-refractivity contribution >= 4 is 38.3 Å². The smallest absolute Gasteiger partial charge is 0.249 e. The predicted molar refractivity (Wildman–Crippen MR) is 71.4 cm³/mol. The molecule has 0 amide bonds. The highest BCUT2D eigenvalue weighted by atomic mass is 127. The van der Waals surface area contributed by atoms with Crippen molar-refractivity contribution < 1.29 is 8.42 Å². The molecule has 0 saturated heterocycles. The van der Waals surface area contributed by atoms with E-state index >= 15 is 0 Å². The molecule has 86 valence electrons. The summed E-state index contributed by atoms with van der Waals surface area (Å²) in [4.78, 5) is 0. The van der Waals surface area contributed by atoms with Crippen molar-refractivity contribution in [2.45, 2.75) is 18.6 Å². The second-order valence-corrected chi connectivity index (χ2v) is 6.29. The van der Waals surface area contributed by atoms with Gasteiger partial charge in [-0.3, -0.25) is 4.72 Å². The first-order valence-electron chi connectivity index (χ1n) is 4.66. The number of hydrogen-bond donors (Lipinski definition) is 1. The molecule has 0 fully saturated rings. The molecule has 0 bridgehead atoms. The number of rotatable bonds is 4. The molecule has 1 atom stereocenters. The largest absolute Gasteiger partial charge is 0.282 e. The molecule has 0 aliphatic rings. The van der Waals surface area contributed by atoms with E-state index in [2.05, 4.69) is 27.3 Å². The lowest BCUT2D eigenvalue weighted by Crippen LogP contribution is -2.25. The lowest BCUT2D eigenvalue weighted by Gasteiger charge is -2.10. The molecule has 16 heavy (non-hydrogen) atoms. The fourth-order valence-electron chi connectivity index (χ4n) is 1.13. The van der Waals surface area contributed by atoms with Gasteiger partial charge in [0.1, 0.15) is 0 Å². The molecule has 1 aromatic rings. The summed E-state index contributed by atoms with van der Waals surface area (Å²) in [5, 5.41) is 7.71. The van der Waals surface area contributed by atoms with Gasteiger partial charge in [-0.05, 0) is 53.3 Å². The Morgan fingerprint density at radius 2 is 2.00 bits per heavy atom. The molecule has 1 rings (SSSR count). The first-order chi connectivity index (χ1) is 7.49. The van der Waals surface area contributed by atoms with E-state index in [9.17, 15) is 8.42 Å². The van der Waals surface area contributed by atoms with Gasteiger partial charge in [0.2, 0.25) is 10.0 Å². The quantitative estimate of drug-likeness (QED) is 0.848. The van der Waals surface area contributed by atoms with Crippen molar-refractivity contribution in [3.8, 4) is 6.07 Å². The van der Waals surface area contributed by atoms with Gasteiger partial charge in [-0.1, -0.05) is 6.92 Å².